The fourth-order valence-corrected chi connectivity index (χ4v) is 5.11. The van der Waals surface area contributed by atoms with Crippen molar-refractivity contribution in [3.05, 3.63) is 45.2 Å². The molecule has 2 aromatic rings. The van der Waals surface area contributed by atoms with E-state index in [0.29, 0.717) is 58.5 Å². The van der Waals surface area contributed by atoms with Crippen LogP contribution >= 0.6 is 24.0 Å². The Hall–Kier alpha value is -2.23. The van der Waals surface area contributed by atoms with Crippen molar-refractivity contribution in [3.8, 4) is 0 Å². The number of ether oxygens (including phenoxy) is 1. The summed E-state index contributed by atoms with van der Waals surface area (Å²) in [4.78, 5) is 33.4. The fraction of sp³-hybridized carbons (Fsp3) is 0.520. The van der Waals surface area contributed by atoms with Crippen molar-refractivity contribution in [3.63, 3.8) is 0 Å². The normalized spacial score (nSPS) is 16.1. The van der Waals surface area contributed by atoms with Gasteiger partial charge in [0.2, 0.25) is 0 Å². The van der Waals surface area contributed by atoms with E-state index in [1.54, 1.807) is 29.3 Å². The Kier molecular flexibility index (Phi) is 10.1. The number of thioether (sulfide) groups is 1. The minimum atomic E-state index is -0.224. The van der Waals surface area contributed by atoms with E-state index in [1.165, 1.54) is 16.2 Å². The maximum Gasteiger partial charge on any atom is 0.267 e. The highest BCUT2D eigenvalue weighted by molar-refractivity contribution is 8.26. The lowest BCUT2D eigenvalue weighted by molar-refractivity contribution is -0.122. The second kappa shape index (κ2) is 13.0. The number of nitrogens with one attached hydrogen (secondary N) is 1. The van der Waals surface area contributed by atoms with E-state index in [9.17, 15) is 9.59 Å². The SMILES string of the molecule is CCCCC(CC)CN1C(=O)C(=Cc2c(NCCCOCC)nc3ccccn3c2=O)SC1=S. The predicted molar refractivity (Wildman–Crippen MR) is 144 cm³/mol. The number of pyridine rings is 1. The molecule has 7 nitrogen and oxygen atoms in total. The number of rotatable bonds is 13. The van der Waals surface area contributed by atoms with Gasteiger partial charge in [-0.1, -0.05) is 63.2 Å². The molecule has 3 rings (SSSR count). The van der Waals surface area contributed by atoms with Crippen LogP contribution in [0.15, 0.2) is 34.1 Å². The highest BCUT2D eigenvalue weighted by Crippen LogP contribution is 2.34. The second-order valence-electron chi connectivity index (χ2n) is 8.29. The van der Waals surface area contributed by atoms with E-state index in [4.69, 9.17) is 17.0 Å². The second-order valence-corrected chi connectivity index (χ2v) is 9.97. The lowest BCUT2D eigenvalue weighted by Crippen LogP contribution is -2.33. The molecule has 1 N–H and O–H groups in total. The maximum atomic E-state index is 13.3. The summed E-state index contributed by atoms with van der Waals surface area (Å²) in [5.41, 5.74) is 0.683. The summed E-state index contributed by atoms with van der Waals surface area (Å²) in [7, 11) is 0. The molecule has 3 heterocycles. The fourth-order valence-electron chi connectivity index (χ4n) is 3.86. The largest absolute Gasteiger partial charge is 0.382 e. The Morgan fingerprint density at radius 3 is 2.79 bits per heavy atom. The Bertz CT molecular complexity index is 1100. The first-order valence-electron chi connectivity index (χ1n) is 12.1. The first kappa shape index (κ1) is 26.4. The molecule has 1 aliphatic heterocycles. The third-order valence-electron chi connectivity index (χ3n) is 5.86. The molecule has 1 fully saturated rings. The van der Waals surface area contributed by atoms with E-state index in [0.717, 1.165) is 32.1 Å². The van der Waals surface area contributed by atoms with Crippen LogP contribution in [-0.4, -0.2) is 50.8 Å². The number of thiocarbonyl (C=S) groups is 1. The molecular weight excluding hydrogens is 468 g/mol. The number of aromatic nitrogens is 2. The van der Waals surface area contributed by atoms with Gasteiger partial charge in [0.15, 0.2) is 0 Å². The number of anilines is 1. The summed E-state index contributed by atoms with van der Waals surface area (Å²) in [6.45, 7) is 8.80. The van der Waals surface area contributed by atoms with E-state index in [-0.39, 0.29) is 11.5 Å². The first-order valence-corrected chi connectivity index (χ1v) is 13.3. The van der Waals surface area contributed by atoms with Crippen LogP contribution in [0.3, 0.4) is 0 Å². The van der Waals surface area contributed by atoms with Gasteiger partial charge in [0.1, 0.15) is 15.8 Å². The van der Waals surface area contributed by atoms with E-state index in [2.05, 4.69) is 24.1 Å². The van der Waals surface area contributed by atoms with Crippen LogP contribution in [-0.2, 0) is 9.53 Å². The van der Waals surface area contributed by atoms with Crippen LogP contribution in [0, 0.1) is 5.92 Å². The monoisotopic (exact) mass is 502 g/mol. The van der Waals surface area contributed by atoms with E-state index in [1.807, 2.05) is 13.0 Å². The van der Waals surface area contributed by atoms with E-state index < -0.39 is 0 Å². The van der Waals surface area contributed by atoms with Crippen LogP contribution < -0.4 is 10.9 Å². The molecule has 1 atom stereocenters. The van der Waals surface area contributed by atoms with E-state index >= 15 is 0 Å². The number of amides is 1. The maximum absolute atomic E-state index is 13.3. The van der Waals surface area contributed by atoms with Gasteiger partial charge < -0.3 is 10.1 Å². The number of carbonyl (C=O) groups excluding carboxylic acids is 1. The van der Waals surface area contributed by atoms with Crippen LogP contribution in [0.5, 0.6) is 0 Å². The quantitative estimate of drug-likeness (QED) is 0.236. The Labute approximate surface area is 211 Å². The number of fused-ring (bicyclic) bond motifs is 1. The molecule has 0 aromatic carbocycles. The summed E-state index contributed by atoms with van der Waals surface area (Å²) in [6.07, 6.45) is 8.46. The average Bonchev–Trinajstić information content (AvgIpc) is 3.10. The van der Waals surface area contributed by atoms with Crippen molar-refractivity contribution >= 4 is 51.7 Å². The highest BCUT2D eigenvalue weighted by Gasteiger charge is 2.33. The van der Waals surface area contributed by atoms with Crippen LogP contribution in [0.2, 0.25) is 0 Å². The molecule has 0 radical (unpaired) electrons. The molecule has 1 amide bonds. The van der Waals surface area contributed by atoms with Gasteiger partial charge in [0, 0.05) is 32.5 Å². The van der Waals surface area contributed by atoms with Crippen molar-refractivity contribution in [2.24, 2.45) is 5.92 Å². The number of hydrogen-bond acceptors (Lipinski definition) is 7. The smallest absolute Gasteiger partial charge is 0.267 e. The van der Waals surface area contributed by atoms with Gasteiger partial charge in [0.05, 0.1) is 10.5 Å². The summed E-state index contributed by atoms with van der Waals surface area (Å²) >= 11 is 6.80. The number of hydrogen-bond donors (Lipinski definition) is 1. The third kappa shape index (κ3) is 6.46. The zero-order valence-corrected chi connectivity index (χ0v) is 21.8. The molecular formula is C25H34N4O3S2. The van der Waals surface area contributed by atoms with Crippen molar-refractivity contribution in [2.45, 2.75) is 52.9 Å². The first-order chi connectivity index (χ1) is 16.5. The number of carbonyl (C=O) groups is 1. The molecule has 9 heteroatoms. The molecule has 184 valence electrons. The molecule has 0 aliphatic carbocycles. The van der Waals surface area contributed by atoms with Gasteiger partial charge in [-0.05, 0) is 43.9 Å². The lowest BCUT2D eigenvalue weighted by Gasteiger charge is -2.21. The number of unbranched alkanes of at least 4 members (excludes halogenated alkanes) is 1. The molecule has 1 aliphatic rings. The zero-order valence-electron chi connectivity index (χ0n) is 20.2. The summed E-state index contributed by atoms with van der Waals surface area (Å²) in [5.74, 6) is 0.745. The van der Waals surface area contributed by atoms with Crippen molar-refractivity contribution < 1.29 is 9.53 Å². The van der Waals surface area contributed by atoms with Crippen molar-refractivity contribution in [1.82, 2.24) is 14.3 Å². The minimum absolute atomic E-state index is 0.134. The van der Waals surface area contributed by atoms with Crippen LogP contribution in [0.25, 0.3) is 11.7 Å². The van der Waals surface area contributed by atoms with Crippen molar-refractivity contribution in [1.29, 1.82) is 0 Å². The van der Waals surface area contributed by atoms with Gasteiger partial charge in [-0.2, -0.15) is 0 Å². The number of nitrogens with zero attached hydrogens (tertiary/aromatic N) is 3. The van der Waals surface area contributed by atoms with Crippen molar-refractivity contribution in [2.75, 3.05) is 31.6 Å². The standard InChI is InChI=1S/C25H34N4O3S2/c1-4-7-11-18(5-2)17-29-24(31)20(34-25(29)33)16-19-22(26-13-10-15-32-6-3)27-21-12-8-9-14-28(21)23(19)30/h8-9,12,14,16,18,26H,4-7,10-11,13,15,17H2,1-3H3. The van der Waals surface area contributed by atoms with Gasteiger partial charge in [-0.3, -0.25) is 18.9 Å². The van der Waals surface area contributed by atoms with Crippen LogP contribution in [0.4, 0.5) is 5.82 Å². The molecule has 0 bridgehead atoms. The summed E-state index contributed by atoms with van der Waals surface area (Å²) < 4.78 is 7.44. The average molecular weight is 503 g/mol. The minimum Gasteiger partial charge on any atom is -0.382 e. The topological polar surface area (TPSA) is 75.9 Å². The molecule has 2 aromatic heterocycles. The Balaban J connectivity index is 1.89. The van der Waals surface area contributed by atoms with Crippen LogP contribution in [0.1, 0.15) is 58.4 Å². The van der Waals surface area contributed by atoms with Gasteiger partial charge in [-0.25, -0.2) is 4.98 Å². The predicted octanol–water partition coefficient (Wildman–Crippen LogP) is 4.95. The molecule has 0 spiro atoms. The van der Waals surface area contributed by atoms with Gasteiger partial charge in [0.25, 0.3) is 11.5 Å². The molecule has 34 heavy (non-hydrogen) atoms. The highest BCUT2D eigenvalue weighted by atomic mass is 32.2. The Morgan fingerprint density at radius 1 is 1.24 bits per heavy atom. The molecule has 1 saturated heterocycles. The van der Waals surface area contributed by atoms with Gasteiger partial charge >= 0.3 is 0 Å². The summed E-state index contributed by atoms with van der Waals surface area (Å²) in [6, 6.07) is 5.42. The lowest BCUT2D eigenvalue weighted by atomic mass is 9.99. The molecule has 0 saturated carbocycles. The zero-order chi connectivity index (χ0) is 24.5. The third-order valence-corrected chi connectivity index (χ3v) is 7.24. The van der Waals surface area contributed by atoms with Gasteiger partial charge in [-0.15, -0.1) is 0 Å². The summed E-state index contributed by atoms with van der Waals surface area (Å²) in [5, 5.41) is 3.26. The Morgan fingerprint density at radius 2 is 2.06 bits per heavy atom. The molecule has 1 unspecified atom stereocenters.